The van der Waals surface area contributed by atoms with E-state index in [0.29, 0.717) is 12.1 Å². The summed E-state index contributed by atoms with van der Waals surface area (Å²) in [6.45, 7) is 7.54. The van der Waals surface area contributed by atoms with Gasteiger partial charge in [-0.1, -0.05) is 26.0 Å². The summed E-state index contributed by atoms with van der Waals surface area (Å²) in [5, 5.41) is 3.41. The molecular formula is C15H23FN2. The van der Waals surface area contributed by atoms with Gasteiger partial charge in [-0.05, 0) is 43.6 Å². The van der Waals surface area contributed by atoms with Gasteiger partial charge in [0.15, 0.2) is 0 Å². The third kappa shape index (κ3) is 2.90. The highest BCUT2D eigenvalue weighted by Crippen LogP contribution is 2.28. The highest BCUT2D eigenvalue weighted by atomic mass is 19.1. The maximum absolute atomic E-state index is 13.4. The van der Waals surface area contributed by atoms with Gasteiger partial charge in [0.05, 0.1) is 0 Å². The van der Waals surface area contributed by atoms with Crippen LogP contribution < -0.4 is 5.32 Å². The van der Waals surface area contributed by atoms with Crippen molar-refractivity contribution in [2.24, 2.45) is 0 Å². The van der Waals surface area contributed by atoms with Gasteiger partial charge in [-0.25, -0.2) is 4.39 Å². The zero-order valence-corrected chi connectivity index (χ0v) is 11.3. The third-order valence-electron chi connectivity index (χ3n) is 3.89. The van der Waals surface area contributed by atoms with Crippen LogP contribution in [-0.2, 0) is 0 Å². The molecule has 0 saturated carbocycles. The first-order chi connectivity index (χ1) is 8.76. The zero-order valence-electron chi connectivity index (χ0n) is 11.3. The van der Waals surface area contributed by atoms with E-state index in [1.807, 2.05) is 12.1 Å². The molecule has 1 N–H and O–H groups in total. The summed E-state index contributed by atoms with van der Waals surface area (Å²) in [5.74, 6) is -0.133. The number of likely N-dealkylation sites (N-methyl/N-ethyl adjacent to an activating group) is 1. The van der Waals surface area contributed by atoms with Gasteiger partial charge in [0.2, 0.25) is 0 Å². The van der Waals surface area contributed by atoms with Crippen LogP contribution in [0.5, 0.6) is 0 Å². The van der Waals surface area contributed by atoms with Crippen molar-refractivity contribution >= 4 is 0 Å². The minimum absolute atomic E-state index is 0.133. The summed E-state index contributed by atoms with van der Waals surface area (Å²) < 4.78 is 13.4. The van der Waals surface area contributed by atoms with Crippen LogP contribution in [0.15, 0.2) is 24.3 Å². The van der Waals surface area contributed by atoms with Crippen molar-refractivity contribution in [1.82, 2.24) is 10.2 Å². The van der Waals surface area contributed by atoms with Crippen LogP contribution in [0, 0.1) is 5.82 Å². The van der Waals surface area contributed by atoms with Crippen molar-refractivity contribution in [3.05, 3.63) is 35.6 Å². The van der Waals surface area contributed by atoms with Crippen molar-refractivity contribution in [1.29, 1.82) is 0 Å². The second-order valence-corrected chi connectivity index (χ2v) is 4.96. The molecule has 0 aromatic heterocycles. The molecule has 1 aliphatic rings. The molecule has 0 radical (unpaired) electrons. The molecule has 1 saturated heterocycles. The summed E-state index contributed by atoms with van der Waals surface area (Å²) in [7, 11) is 0. The summed E-state index contributed by atoms with van der Waals surface area (Å²) >= 11 is 0. The predicted molar refractivity (Wildman–Crippen MR) is 73.1 cm³/mol. The molecule has 0 aliphatic carbocycles. The van der Waals surface area contributed by atoms with Crippen LogP contribution in [0.2, 0.25) is 0 Å². The van der Waals surface area contributed by atoms with Gasteiger partial charge in [-0.15, -0.1) is 0 Å². The maximum atomic E-state index is 13.4. The fraction of sp³-hybridized carbons (Fsp3) is 0.600. The zero-order chi connectivity index (χ0) is 13.0. The van der Waals surface area contributed by atoms with Crippen molar-refractivity contribution in [3.63, 3.8) is 0 Å². The molecule has 1 aromatic carbocycles. The first kappa shape index (κ1) is 13.5. The fourth-order valence-corrected chi connectivity index (χ4v) is 3.03. The first-order valence-corrected chi connectivity index (χ1v) is 6.98. The molecule has 2 nitrogen and oxygen atoms in total. The molecule has 1 aromatic rings. The minimum atomic E-state index is -0.133. The average Bonchev–Trinajstić information content (AvgIpc) is 2.89. The van der Waals surface area contributed by atoms with E-state index in [1.54, 1.807) is 6.07 Å². The van der Waals surface area contributed by atoms with Crippen LogP contribution in [0.3, 0.4) is 0 Å². The lowest BCUT2D eigenvalue weighted by molar-refractivity contribution is 0.147. The second kappa shape index (κ2) is 6.30. The van der Waals surface area contributed by atoms with Crippen molar-refractivity contribution < 1.29 is 4.39 Å². The lowest BCUT2D eigenvalue weighted by atomic mass is 10.00. The Hall–Kier alpha value is -0.930. The van der Waals surface area contributed by atoms with Gasteiger partial charge in [0, 0.05) is 18.6 Å². The normalized spacial score (nSPS) is 21.4. The highest BCUT2D eigenvalue weighted by molar-refractivity contribution is 5.20. The van der Waals surface area contributed by atoms with E-state index >= 15 is 0 Å². The maximum Gasteiger partial charge on any atom is 0.123 e. The molecule has 1 heterocycles. The van der Waals surface area contributed by atoms with Crippen LogP contribution in [0.4, 0.5) is 4.39 Å². The quantitative estimate of drug-likeness (QED) is 0.864. The van der Waals surface area contributed by atoms with E-state index in [2.05, 4.69) is 24.1 Å². The van der Waals surface area contributed by atoms with Crippen LogP contribution in [0.25, 0.3) is 0 Å². The molecule has 2 atom stereocenters. The fourth-order valence-electron chi connectivity index (χ4n) is 3.03. The molecule has 0 amide bonds. The topological polar surface area (TPSA) is 15.3 Å². The van der Waals surface area contributed by atoms with Crippen molar-refractivity contribution in [3.8, 4) is 0 Å². The predicted octanol–water partition coefficient (Wildman–Crippen LogP) is 2.96. The second-order valence-electron chi connectivity index (χ2n) is 4.96. The number of hydrogen-bond acceptors (Lipinski definition) is 2. The van der Waals surface area contributed by atoms with E-state index in [4.69, 9.17) is 0 Å². The summed E-state index contributed by atoms with van der Waals surface area (Å²) in [6, 6.07) is 7.97. The molecule has 2 unspecified atom stereocenters. The Labute approximate surface area is 109 Å². The summed E-state index contributed by atoms with van der Waals surface area (Å²) in [4.78, 5) is 2.51. The van der Waals surface area contributed by atoms with Crippen LogP contribution in [0.1, 0.15) is 38.3 Å². The number of halogens is 1. The van der Waals surface area contributed by atoms with Crippen LogP contribution in [-0.4, -0.2) is 30.6 Å². The molecule has 0 spiro atoms. The minimum Gasteiger partial charge on any atom is -0.315 e. The molecule has 2 rings (SSSR count). The number of benzene rings is 1. The summed E-state index contributed by atoms with van der Waals surface area (Å²) in [5.41, 5.74) is 1.10. The van der Waals surface area contributed by atoms with E-state index in [1.165, 1.54) is 12.5 Å². The molecule has 1 aliphatic heterocycles. The van der Waals surface area contributed by atoms with E-state index < -0.39 is 0 Å². The Bertz CT molecular complexity index is 375. The van der Waals surface area contributed by atoms with Gasteiger partial charge in [-0.2, -0.15) is 0 Å². The Balaban J connectivity index is 2.19. The van der Waals surface area contributed by atoms with Gasteiger partial charge in [0.25, 0.3) is 0 Å². The van der Waals surface area contributed by atoms with E-state index in [0.717, 1.165) is 31.6 Å². The molecule has 1 fully saturated rings. The average molecular weight is 250 g/mol. The lowest BCUT2D eigenvalue weighted by Gasteiger charge is -2.35. The number of hydrogen-bond donors (Lipinski definition) is 1. The van der Waals surface area contributed by atoms with Gasteiger partial charge in [0.1, 0.15) is 5.82 Å². The van der Waals surface area contributed by atoms with Crippen molar-refractivity contribution in [2.45, 2.75) is 38.8 Å². The van der Waals surface area contributed by atoms with Gasteiger partial charge in [-0.3, -0.25) is 4.90 Å². The molecule has 0 bridgehead atoms. The van der Waals surface area contributed by atoms with Crippen molar-refractivity contribution in [2.75, 3.05) is 19.6 Å². The highest BCUT2D eigenvalue weighted by Gasteiger charge is 2.27. The number of nitrogens with zero attached hydrogens (tertiary/aromatic N) is 1. The summed E-state index contributed by atoms with van der Waals surface area (Å²) in [6.07, 6.45) is 2.22. The number of nitrogens with one attached hydrogen (secondary N) is 1. The smallest absolute Gasteiger partial charge is 0.123 e. The van der Waals surface area contributed by atoms with Crippen LogP contribution >= 0.6 is 0 Å². The lowest BCUT2D eigenvalue weighted by Crippen LogP contribution is -2.39. The largest absolute Gasteiger partial charge is 0.315 e. The van der Waals surface area contributed by atoms with Gasteiger partial charge >= 0.3 is 0 Å². The first-order valence-electron chi connectivity index (χ1n) is 6.98. The standard InChI is InChI=1S/C15H23FN2/c1-3-15(12-6-5-7-13(16)10-12)18(4-2)14-8-9-17-11-14/h5-7,10,14-15,17H,3-4,8-9,11H2,1-2H3. The molecule has 18 heavy (non-hydrogen) atoms. The SMILES string of the molecule is CCC(c1cccc(F)c1)N(CC)C1CCNC1. The Kier molecular flexibility index (Phi) is 4.72. The molecular weight excluding hydrogens is 227 g/mol. The molecule has 100 valence electrons. The van der Waals surface area contributed by atoms with E-state index in [-0.39, 0.29) is 5.82 Å². The Morgan fingerprint density at radius 3 is 2.83 bits per heavy atom. The Morgan fingerprint density at radius 2 is 2.28 bits per heavy atom. The number of rotatable bonds is 5. The van der Waals surface area contributed by atoms with Gasteiger partial charge < -0.3 is 5.32 Å². The Morgan fingerprint density at radius 1 is 1.44 bits per heavy atom. The monoisotopic (exact) mass is 250 g/mol. The van der Waals surface area contributed by atoms with E-state index in [9.17, 15) is 4.39 Å². The molecule has 3 heteroatoms. The third-order valence-corrected chi connectivity index (χ3v) is 3.89.